The van der Waals surface area contributed by atoms with Crippen molar-refractivity contribution in [1.29, 1.82) is 0 Å². The van der Waals surface area contributed by atoms with Gasteiger partial charge in [-0.3, -0.25) is 9.89 Å². The van der Waals surface area contributed by atoms with Gasteiger partial charge >= 0.3 is 6.18 Å². The van der Waals surface area contributed by atoms with Crippen molar-refractivity contribution in [2.75, 3.05) is 11.5 Å². The van der Waals surface area contributed by atoms with Crippen LogP contribution in [-0.4, -0.2) is 16.1 Å². The second-order valence-corrected chi connectivity index (χ2v) is 4.27. The number of H-pyrrole nitrogens is 1. The molecule has 2 aromatic rings. The minimum Gasteiger partial charge on any atom is -0.397 e. The molecule has 1 aromatic carbocycles. The number of nitrogens with one attached hydrogen (secondary N) is 2. The van der Waals surface area contributed by atoms with Crippen LogP contribution in [0.25, 0.3) is 0 Å². The predicted octanol–water partition coefficient (Wildman–Crippen LogP) is 1.52. The molecule has 6 nitrogen and oxygen atoms in total. The van der Waals surface area contributed by atoms with Gasteiger partial charge in [0.15, 0.2) is 5.69 Å². The smallest absolute Gasteiger partial charge is 0.397 e. The first kappa shape index (κ1) is 14.7. The lowest BCUT2D eigenvalue weighted by atomic mass is 10.1. The van der Waals surface area contributed by atoms with Crippen LogP contribution in [0.2, 0.25) is 0 Å². The molecule has 0 saturated heterocycles. The third kappa shape index (κ3) is 3.25. The van der Waals surface area contributed by atoms with Gasteiger partial charge in [0.2, 0.25) is 0 Å². The first-order valence-corrected chi connectivity index (χ1v) is 5.82. The minimum absolute atomic E-state index is 0.0317. The highest BCUT2D eigenvalue weighted by atomic mass is 19.4. The summed E-state index contributed by atoms with van der Waals surface area (Å²) >= 11 is 0. The number of alkyl halides is 3. The summed E-state index contributed by atoms with van der Waals surface area (Å²) in [6.07, 6.45) is -4.58. The summed E-state index contributed by atoms with van der Waals surface area (Å²) in [6, 6.07) is 5.54. The van der Waals surface area contributed by atoms with Crippen molar-refractivity contribution in [3.8, 4) is 0 Å². The van der Waals surface area contributed by atoms with Crippen LogP contribution in [-0.2, 0) is 12.7 Å². The fraction of sp³-hybridized carbons (Fsp3) is 0.167. The van der Waals surface area contributed by atoms with Crippen LogP contribution < -0.4 is 16.8 Å². The van der Waals surface area contributed by atoms with Gasteiger partial charge in [0.1, 0.15) is 5.69 Å². The number of aromatic nitrogens is 2. The summed E-state index contributed by atoms with van der Waals surface area (Å²) in [5.74, 6) is -0.747. The maximum absolute atomic E-state index is 12.4. The highest BCUT2D eigenvalue weighted by Gasteiger charge is 2.33. The summed E-state index contributed by atoms with van der Waals surface area (Å²) < 4.78 is 37.1. The molecule has 0 unspecified atom stereocenters. The molecule has 2 rings (SSSR count). The van der Waals surface area contributed by atoms with E-state index in [0.29, 0.717) is 23.0 Å². The molecule has 1 heterocycles. The third-order valence-electron chi connectivity index (χ3n) is 2.79. The SMILES string of the molecule is Nc1cccc(CNC(=O)c2cc(C(F)(F)F)[nH]n2)c1N. The lowest BCUT2D eigenvalue weighted by Gasteiger charge is -2.08. The summed E-state index contributed by atoms with van der Waals surface area (Å²) in [6.45, 7) is 0.0317. The van der Waals surface area contributed by atoms with Gasteiger partial charge < -0.3 is 16.8 Å². The van der Waals surface area contributed by atoms with Gasteiger partial charge in [-0.1, -0.05) is 12.1 Å². The molecular formula is C12H12F3N5O. The number of aromatic amines is 1. The molecule has 0 aliphatic rings. The normalized spacial score (nSPS) is 11.4. The van der Waals surface area contributed by atoms with Crippen molar-refractivity contribution in [1.82, 2.24) is 15.5 Å². The molecule has 9 heteroatoms. The van der Waals surface area contributed by atoms with Crippen LogP contribution in [0.1, 0.15) is 21.7 Å². The van der Waals surface area contributed by atoms with Crippen LogP contribution >= 0.6 is 0 Å². The fourth-order valence-electron chi connectivity index (χ4n) is 1.64. The largest absolute Gasteiger partial charge is 0.432 e. The monoisotopic (exact) mass is 299 g/mol. The number of rotatable bonds is 3. The van der Waals surface area contributed by atoms with E-state index in [0.717, 1.165) is 0 Å². The molecule has 0 bridgehead atoms. The molecule has 0 aliphatic carbocycles. The number of anilines is 2. The Balaban J connectivity index is 2.05. The predicted molar refractivity (Wildman–Crippen MR) is 70.0 cm³/mol. The number of halogens is 3. The van der Waals surface area contributed by atoms with Crippen molar-refractivity contribution >= 4 is 17.3 Å². The average molecular weight is 299 g/mol. The summed E-state index contributed by atoms with van der Waals surface area (Å²) in [4.78, 5) is 11.7. The zero-order valence-electron chi connectivity index (χ0n) is 10.7. The molecule has 21 heavy (non-hydrogen) atoms. The summed E-state index contributed by atoms with van der Waals surface area (Å²) in [5.41, 5.74) is 11.1. The molecule has 0 radical (unpaired) electrons. The van der Waals surface area contributed by atoms with E-state index >= 15 is 0 Å². The van der Waals surface area contributed by atoms with Crippen molar-refractivity contribution in [2.45, 2.75) is 12.7 Å². The third-order valence-corrected chi connectivity index (χ3v) is 2.79. The van der Waals surface area contributed by atoms with E-state index in [-0.39, 0.29) is 12.2 Å². The minimum atomic E-state index is -4.58. The summed E-state index contributed by atoms with van der Waals surface area (Å²) in [7, 11) is 0. The number of nitrogens with zero attached hydrogens (tertiary/aromatic N) is 1. The number of nitrogens with two attached hydrogens (primary N) is 2. The number of hydrogen-bond acceptors (Lipinski definition) is 4. The molecular weight excluding hydrogens is 287 g/mol. The number of hydrogen-bond donors (Lipinski definition) is 4. The number of carbonyl (C=O) groups excluding carboxylic acids is 1. The maximum atomic E-state index is 12.4. The standard InChI is InChI=1S/C12H12F3N5O/c13-12(14,15)9-4-8(19-20-9)11(21)18-5-6-2-1-3-7(16)10(6)17/h1-4H,5,16-17H2,(H,18,21)(H,19,20). The molecule has 0 spiro atoms. The van der Waals surface area contributed by atoms with E-state index in [1.54, 1.807) is 23.3 Å². The zero-order valence-corrected chi connectivity index (χ0v) is 10.7. The fourth-order valence-corrected chi connectivity index (χ4v) is 1.64. The molecule has 6 N–H and O–H groups in total. The number of benzene rings is 1. The Morgan fingerprint density at radius 2 is 2.05 bits per heavy atom. The van der Waals surface area contributed by atoms with Crippen molar-refractivity contribution < 1.29 is 18.0 Å². The summed E-state index contributed by atoms with van der Waals surface area (Å²) in [5, 5.41) is 7.51. The molecule has 0 saturated carbocycles. The topological polar surface area (TPSA) is 110 Å². The lowest BCUT2D eigenvalue weighted by molar-refractivity contribution is -0.141. The van der Waals surface area contributed by atoms with E-state index in [2.05, 4.69) is 10.4 Å². The van der Waals surface area contributed by atoms with Gasteiger partial charge in [-0.2, -0.15) is 18.3 Å². The van der Waals surface area contributed by atoms with Crippen LogP contribution in [0.5, 0.6) is 0 Å². The van der Waals surface area contributed by atoms with Gasteiger partial charge in [-0.15, -0.1) is 0 Å². The Bertz CT molecular complexity index is 665. The molecule has 1 aromatic heterocycles. The second kappa shape index (κ2) is 5.35. The van der Waals surface area contributed by atoms with Crippen LogP contribution in [0.3, 0.4) is 0 Å². The van der Waals surface area contributed by atoms with Gasteiger partial charge in [0.25, 0.3) is 5.91 Å². The maximum Gasteiger partial charge on any atom is 0.432 e. The first-order valence-electron chi connectivity index (χ1n) is 5.82. The van der Waals surface area contributed by atoms with E-state index in [1.807, 2.05) is 0 Å². The van der Waals surface area contributed by atoms with Crippen LogP contribution in [0, 0.1) is 0 Å². The Morgan fingerprint density at radius 3 is 2.67 bits per heavy atom. The van der Waals surface area contributed by atoms with Crippen LogP contribution in [0.4, 0.5) is 24.5 Å². The van der Waals surface area contributed by atoms with Crippen molar-refractivity contribution in [2.24, 2.45) is 0 Å². The molecule has 112 valence electrons. The number of para-hydroxylation sites is 1. The molecule has 0 atom stereocenters. The van der Waals surface area contributed by atoms with E-state index in [9.17, 15) is 18.0 Å². The number of nitrogen functional groups attached to an aromatic ring is 2. The lowest BCUT2D eigenvalue weighted by Crippen LogP contribution is -2.23. The quantitative estimate of drug-likeness (QED) is 0.644. The van der Waals surface area contributed by atoms with Gasteiger partial charge in [0, 0.05) is 12.6 Å². The number of carbonyl (C=O) groups is 1. The van der Waals surface area contributed by atoms with Crippen molar-refractivity contribution in [3.63, 3.8) is 0 Å². The molecule has 1 amide bonds. The Hall–Kier alpha value is -2.71. The molecule has 0 aliphatic heterocycles. The van der Waals surface area contributed by atoms with Crippen LogP contribution in [0.15, 0.2) is 24.3 Å². The Labute approximate surface area is 117 Å². The second-order valence-electron chi connectivity index (χ2n) is 4.27. The van der Waals surface area contributed by atoms with E-state index < -0.39 is 17.8 Å². The first-order chi connectivity index (χ1) is 9.79. The van der Waals surface area contributed by atoms with Gasteiger partial charge in [-0.05, 0) is 11.6 Å². The van der Waals surface area contributed by atoms with Gasteiger partial charge in [-0.25, -0.2) is 0 Å². The van der Waals surface area contributed by atoms with Crippen molar-refractivity contribution in [3.05, 3.63) is 41.2 Å². The number of amides is 1. The van der Waals surface area contributed by atoms with Gasteiger partial charge in [0.05, 0.1) is 11.4 Å². The highest BCUT2D eigenvalue weighted by Crippen LogP contribution is 2.27. The Morgan fingerprint density at radius 1 is 1.33 bits per heavy atom. The zero-order chi connectivity index (χ0) is 15.6. The highest BCUT2D eigenvalue weighted by molar-refractivity contribution is 5.92. The van der Waals surface area contributed by atoms with E-state index in [1.165, 1.54) is 0 Å². The van der Waals surface area contributed by atoms with E-state index in [4.69, 9.17) is 11.5 Å². The average Bonchev–Trinajstić information content (AvgIpc) is 2.90. The molecule has 0 fully saturated rings. The Kier molecular flexibility index (Phi) is 3.74.